The van der Waals surface area contributed by atoms with E-state index in [0.717, 1.165) is 15.6 Å². The first-order chi connectivity index (χ1) is 12.8. The van der Waals surface area contributed by atoms with Gasteiger partial charge >= 0.3 is 0 Å². The average Bonchev–Trinajstić information content (AvgIpc) is 3.07. The van der Waals surface area contributed by atoms with Crippen LogP contribution in [0.2, 0.25) is 10.0 Å². The van der Waals surface area contributed by atoms with Crippen LogP contribution in [0.1, 0.15) is 11.3 Å². The molecule has 27 heavy (non-hydrogen) atoms. The lowest BCUT2D eigenvalue weighted by molar-refractivity contribution is -0.111. The summed E-state index contributed by atoms with van der Waals surface area (Å²) in [4.78, 5) is 12.2. The van der Waals surface area contributed by atoms with E-state index < -0.39 is 0 Å². The Morgan fingerprint density at radius 1 is 1.15 bits per heavy atom. The van der Waals surface area contributed by atoms with Crippen molar-refractivity contribution in [3.63, 3.8) is 0 Å². The predicted molar refractivity (Wildman–Crippen MR) is 115 cm³/mol. The van der Waals surface area contributed by atoms with Crippen molar-refractivity contribution in [2.24, 2.45) is 0 Å². The van der Waals surface area contributed by atoms with E-state index >= 15 is 0 Å². The number of hydrogen-bond donors (Lipinski definition) is 2. The molecule has 0 saturated heterocycles. The molecule has 0 saturated carbocycles. The molecule has 0 fully saturated rings. The number of anilines is 2. The van der Waals surface area contributed by atoms with Gasteiger partial charge in [0.25, 0.3) is 0 Å². The van der Waals surface area contributed by atoms with Gasteiger partial charge in [0.15, 0.2) is 0 Å². The standard InChI is InChI=1S/C20H15BrCl2N2O2/c1-11-8-13(24)10-15(21)20(11)25-19(26)7-4-14-3-6-18(27-14)12-2-5-16(22)17(23)9-12/h2-10H,24H2,1H3,(H,25,26)/b7-4+. The zero-order chi connectivity index (χ0) is 19.6. The molecule has 7 heteroatoms. The van der Waals surface area contributed by atoms with Crippen molar-refractivity contribution in [2.45, 2.75) is 6.92 Å². The molecule has 4 nitrogen and oxygen atoms in total. The second kappa shape index (κ2) is 8.21. The van der Waals surface area contributed by atoms with Gasteiger partial charge in [-0.2, -0.15) is 0 Å². The Labute approximate surface area is 175 Å². The largest absolute Gasteiger partial charge is 0.457 e. The van der Waals surface area contributed by atoms with Crippen molar-refractivity contribution in [1.82, 2.24) is 0 Å². The normalized spacial score (nSPS) is 11.1. The molecule has 0 aliphatic carbocycles. The third-order valence-corrected chi connectivity index (χ3v) is 5.15. The van der Waals surface area contributed by atoms with Crippen LogP contribution in [0.25, 0.3) is 17.4 Å². The highest BCUT2D eigenvalue weighted by molar-refractivity contribution is 9.10. The highest BCUT2D eigenvalue weighted by Crippen LogP contribution is 2.30. The number of rotatable bonds is 4. The fourth-order valence-corrected chi connectivity index (χ4v) is 3.47. The van der Waals surface area contributed by atoms with Crippen molar-refractivity contribution in [3.8, 4) is 11.3 Å². The van der Waals surface area contributed by atoms with Crippen molar-refractivity contribution in [3.05, 3.63) is 74.4 Å². The van der Waals surface area contributed by atoms with Crippen molar-refractivity contribution < 1.29 is 9.21 Å². The summed E-state index contributed by atoms with van der Waals surface area (Å²) in [5, 5.41) is 3.76. The fourth-order valence-electron chi connectivity index (χ4n) is 2.50. The molecule has 0 bridgehead atoms. The fraction of sp³-hybridized carbons (Fsp3) is 0.0500. The molecular formula is C20H15BrCl2N2O2. The third-order valence-electron chi connectivity index (χ3n) is 3.79. The Bertz CT molecular complexity index is 1020. The Morgan fingerprint density at radius 2 is 1.93 bits per heavy atom. The maximum Gasteiger partial charge on any atom is 0.248 e. The minimum absolute atomic E-state index is 0.281. The molecule has 3 N–H and O–H groups in total. The summed E-state index contributed by atoms with van der Waals surface area (Å²) < 4.78 is 6.46. The van der Waals surface area contributed by atoms with E-state index in [9.17, 15) is 4.79 Å². The predicted octanol–water partition coefficient (Wildman–Crippen LogP) is 6.56. The quantitative estimate of drug-likeness (QED) is 0.338. The van der Waals surface area contributed by atoms with Crippen LogP contribution in [0.15, 0.2) is 57.4 Å². The Balaban J connectivity index is 1.72. The number of nitrogen functional groups attached to an aromatic ring is 1. The van der Waals surface area contributed by atoms with Gasteiger partial charge in [0, 0.05) is 21.8 Å². The van der Waals surface area contributed by atoms with Crippen LogP contribution in [-0.2, 0) is 4.79 Å². The molecule has 1 heterocycles. The molecule has 0 radical (unpaired) electrons. The molecule has 1 amide bonds. The summed E-state index contributed by atoms with van der Waals surface area (Å²) in [5.74, 6) is 0.890. The Kier molecular flexibility index (Phi) is 5.95. The SMILES string of the molecule is Cc1cc(N)cc(Br)c1NC(=O)/C=C/c1ccc(-c2ccc(Cl)c(Cl)c2)o1. The molecule has 0 atom stereocenters. The molecule has 2 aromatic carbocycles. The van der Waals surface area contributed by atoms with Crippen LogP contribution in [0.4, 0.5) is 11.4 Å². The molecule has 1 aromatic heterocycles. The van der Waals surface area contributed by atoms with E-state index in [1.165, 1.54) is 6.08 Å². The molecule has 0 unspecified atom stereocenters. The van der Waals surface area contributed by atoms with Crippen LogP contribution in [0.5, 0.6) is 0 Å². The number of benzene rings is 2. The number of amides is 1. The number of nitrogens with two attached hydrogens (primary N) is 1. The number of aryl methyl sites for hydroxylation is 1. The van der Waals surface area contributed by atoms with Crippen molar-refractivity contribution in [1.29, 1.82) is 0 Å². The van der Waals surface area contributed by atoms with Crippen LogP contribution in [0, 0.1) is 6.92 Å². The maximum absolute atomic E-state index is 12.2. The first-order valence-corrected chi connectivity index (χ1v) is 9.48. The van der Waals surface area contributed by atoms with Gasteiger partial charge < -0.3 is 15.5 Å². The molecule has 138 valence electrons. The molecule has 0 aliphatic heterocycles. The van der Waals surface area contributed by atoms with Crippen molar-refractivity contribution in [2.75, 3.05) is 11.1 Å². The lowest BCUT2D eigenvalue weighted by atomic mass is 10.2. The summed E-state index contributed by atoms with van der Waals surface area (Å²) in [5.41, 5.74) is 8.74. The van der Waals surface area contributed by atoms with Crippen LogP contribution in [0.3, 0.4) is 0 Å². The van der Waals surface area contributed by atoms with E-state index in [4.69, 9.17) is 33.4 Å². The highest BCUT2D eigenvalue weighted by Gasteiger charge is 2.09. The monoisotopic (exact) mass is 464 g/mol. The van der Waals surface area contributed by atoms with Crippen molar-refractivity contribution >= 4 is 62.5 Å². The van der Waals surface area contributed by atoms with E-state index in [1.54, 1.807) is 42.5 Å². The lowest BCUT2D eigenvalue weighted by Gasteiger charge is -2.10. The summed E-state index contributed by atoms with van der Waals surface area (Å²) >= 11 is 15.4. The third kappa shape index (κ3) is 4.75. The van der Waals surface area contributed by atoms with Crippen LogP contribution in [-0.4, -0.2) is 5.91 Å². The first-order valence-electron chi connectivity index (χ1n) is 7.93. The van der Waals surface area contributed by atoms with E-state index in [2.05, 4.69) is 21.2 Å². The molecule has 0 aliphatic rings. The number of carbonyl (C=O) groups is 1. The number of furan rings is 1. The topological polar surface area (TPSA) is 68.3 Å². The lowest BCUT2D eigenvalue weighted by Crippen LogP contribution is -2.09. The van der Waals surface area contributed by atoms with Gasteiger partial charge in [0.1, 0.15) is 11.5 Å². The van der Waals surface area contributed by atoms with Gasteiger partial charge in [-0.05, 0) is 77.0 Å². The average molecular weight is 466 g/mol. The smallest absolute Gasteiger partial charge is 0.248 e. The second-order valence-corrected chi connectivity index (χ2v) is 7.52. The number of hydrogen-bond acceptors (Lipinski definition) is 3. The first kappa shape index (κ1) is 19.5. The van der Waals surface area contributed by atoms with E-state index in [1.807, 2.05) is 13.0 Å². The Morgan fingerprint density at radius 3 is 2.63 bits per heavy atom. The molecule has 3 rings (SSSR count). The summed E-state index contributed by atoms with van der Waals surface area (Å²) in [6.45, 7) is 1.87. The zero-order valence-corrected chi connectivity index (χ0v) is 17.3. The second-order valence-electron chi connectivity index (χ2n) is 5.85. The van der Waals surface area contributed by atoms with Crippen LogP contribution < -0.4 is 11.1 Å². The minimum Gasteiger partial charge on any atom is -0.457 e. The minimum atomic E-state index is -0.281. The maximum atomic E-state index is 12.2. The molecular weight excluding hydrogens is 451 g/mol. The van der Waals surface area contributed by atoms with Gasteiger partial charge in [0.2, 0.25) is 5.91 Å². The van der Waals surface area contributed by atoms with Gasteiger partial charge in [-0.25, -0.2) is 0 Å². The summed E-state index contributed by atoms with van der Waals surface area (Å²) in [7, 11) is 0. The summed E-state index contributed by atoms with van der Waals surface area (Å²) in [6.07, 6.45) is 3.00. The molecule has 3 aromatic rings. The zero-order valence-electron chi connectivity index (χ0n) is 14.2. The van der Waals surface area contributed by atoms with Gasteiger partial charge in [-0.15, -0.1) is 0 Å². The number of halogens is 3. The molecule has 0 spiro atoms. The van der Waals surface area contributed by atoms with Gasteiger partial charge in [0.05, 0.1) is 15.7 Å². The number of carbonyl (C=O) groups excluding carboxylic acids is 1. The van der Waals surface area contributed by atoms with Crippen LogP contribution >= 0.6 is 39.1 Å². The van der Waals surface area contributed by atoms with E-state index in [0.29, 0.717) is 32.9 Å². The number of nitrogens with one attached hydrogen (secondary N) is 1. The van der Waals surface area contributed by atoms with E-state index in [-0.39, 0.29) is 5.91 Å². The Hall–Kier alpha value is -2.21. The van der Waals surface area contributed by atoms with Gasteiger partial charge in [-0.1, -0.05) is 23.2 Å². The highest BCUT2D eigenvalue weighted by atomic mass is 79.9. The van der Waals surface area contributed by atoms with Gasteiger partial charge in [-0.3, -0.25) is 4.79 Å². The summed E-state index contributed by atoms with van der Waals surface area (Å²) in [6, 6.07) is 12.4.